The second-order valence-electron chi connectivity index (χ2n) is 3.79. The summed E-state index contributed by atoms with van der Waals surface area (Å²) < 4.78 is 4.83. The Bertz CT molecular complexity index is 498. The van der Waals surface area contributed by atoms with E-state index in [4.69, 9.17) is 21.6 Å². The van der Waals surface area contributed by atoms with Gasteiger partial charge in [-0.1, -0.05) is 23.7 Å². The Morgan fingerprint density at radius 3 is 2.50 bits per heavy atom. The van der Waals surface area contributed by atoms with Gasteiger partial charge in [-0.25, -0.2) is 4.79 Å². The molecule has 94 valence electrons. The van der Waals surface area contributed by atoms with E-state index in [1.165, 1.54) is 0 Å². The van der Waals surface area contributed by atoms with Crippen LogP contribution in [0.1, 0.15) is 19.4 Å². The molecule has 0 unspecified atom stereocenters. The first kappa shape index (κ1) is 14.3. The van der Waals surface area contributed by atoms with E-state index in [-0.39, 0.29) is 12.2 Å². The Labute approximate surface area is 112 Å². The number of hydrogen-bond acceptors (Lipinski definition) is 3. The van der Waals surface area contributed by atoms with Crippen LogP contribution >= 0.6 is 11.6 Å². The molecule has 0 radical (unpaired) electrons. The summed E-state index contributed by atoms with van der Waals surface area (Å²) in [7, 11) is 0. The summed E-state index contributed by atoms with van der Waals surface area (Å²) in [6.45, 7) is 3.73. The number of allylic oxidation sites excluding steroid dienone is 1. The zero-order chi connectivity index (χ0) is 13.5. The van der Waals surface area contributed by atoms with Gasteiger partial charge in [-0.15, -0.1) is 0 Å². The Kier molecular flexibility index (Phi) is 5.41. The maximum absolute atomic E-state index is 11.5. The van der Waals surface area contributed by atoms with Crippen LogP contribution in [0, 0.1) is 11.3 Å². The normalized spacial score (nSPS) is 11.4. The summed E-state index contributed by atoms with van der Waals surface area (Å²) in [6.07, 6.45) is 0.527. The van der Waals surface area contributed by atoms with E-state index in [9.17, 15) is 4.79 Å². The fourth-order valence-corrected chi connectivity index (χ4v) is 1.64. The third-order valence-electron chi connectivity index (χ3n) is 2.40. The standard InChI is InChI=1S/C14H14ClNO2/c1-3-18-14(17)13(9-16)10(2)8-11-4-6-12(15)7-5-11/h4-7H,3,8H2,1-2H3/b13-10+. The summed E-state index contributed by atoms with van der Waals surface area (Å²) in [5, 5.41) is 9.64. The summed E-state index contributed by atoms with van der Waals surface area (Å²) >= 11 is 5.79. The molecule has 18 heavy (non-hydrogen) atoms. The molecule has 0 atom stereocenters. The van der Waals surface area contributed by atoms with Crippen molar-refractivity contribution in [3.05, 3.63) is 46.0 Å². The minimum Gasteiger partial charge on any atom is -0.462 e. The van der Waals surface area contributed by atoms with Gasteiger partial charge >= 0.3 is 5.97 Å². The molecule has 0 aliphatic rings. The zero-order valence-corrected chi connectivity index (χ0v) is 11.1. The third-order valence-corrected chi connectivity index (χ3v) is 2.65. The zero-order valence-electron chi connectivity index (χ0n) is 10.4. The van der Waals surface area contributed by atoms with E-state index in [1.54, 1.807) is 26.0 Å². The molecule has 0 aromatic heterocycles. The molecule has 0 aliphatic heterocycles. The lowest BCUT2D eigenvalue weighted by Crippen LogP contribution is -2.09. The number of carbonyl (C=O) groups excluding carboxylic acids is 1. The second-order valence-corrected chi connectivity index (χ2v) is 4.23. The first-order chi connectivity index (χ1) is 8.58. The van der Waals surface area contributed by atoms with Crippen molar-refractivity contribution in [2.75, 3.05) is 6.61 Å². The highest BCUT2D eigenvalue weighted by atomic mass is 35.5. The Morgan fingerprint density at radius 1 is 1.39 bits per heavy atom. The molecule has 0 saturated carbocycles. The molecule has 3 nitrogen and oxygen atoms in total. The Balaban J connectivity index is 2.90. The molecule has 1 rings (SSSR count). The fraction of sp³-hybridized carbons (Fsp3) is 0.286. The average molecular weight is 264 g/mol. The van der Waals surface area contributed by atoms with Crippen molar-refractivity contribution in [2.45, 2.75) is 20.3 Å². The maximum Gasteiger partial charge on any atom is 0.348 e. The number of benzene rings is 1. The SMILES string of the molecule is CCOC(=O)/C(C#N)=C(\C)Cc1ccc(Cl)cc1. The topological polar surface area (TPSA) is 50.1 Å². The molecule has 4 heteroatoms. The van der Waals surface area contributed by atoms with Crippen molar-refractivity contribution in [1.82, 2.24) is 0 Å². The minimum atomic E-state index is -0.563. The highest BCUT2D eigenvalue weighted by Crippen LogP contribution is 2.15. The van der Waals surface area contributed by atoms with Gasteiger partial charge in [0, 0.05) is 5.02 Å². The van der Waals surface area contributed by atoms with Crippen molar-refractivity contribution in [2.24, 2.45) is 0 Å². The van der Waals surface area contributed by atoms with E-state index in [0.29, 0.717) is 17.0 Å². The van der Waals surface area contributed by atoms with E-state index < -0.39 is 5.97 Å². The van der Waals surface area contributed by atoms with Crippen molar-refractivity contribution in [3.63, 3.8) is 0 Å². The summed E-state index contributed by atoms with van der Waals surface area (Å²) in [5.74, 6) is -0.563. The van der Waals surface area contributed by atoms with Crippen LogP contribution in [0.4, 0.5) is 0 Å². The predicted molar refractivity (Wildman–Crippen MR) is 70.1 cm³/mol. The van der Waals surface area contributed by atoms with Gasteiger partial charge in [0.15, 0.2) is 0 Å². The van der Waals surface area contributed by atoms with E-state index in [1.807, 2.05) is 18.2 Å². The van der Waals surface area contributed by atoms with Gasteiger partial charge in [0.1, 0.15) is 11.6 Å². The van der Waals surface area contributed by atoms with Crippen LogP contribution in [-0.2, 0) is 16.0 Å². The van der Waals surface area contributed by atoms with Crippen LogP contribution < -0.4 is 0 Å². The van der Waals surface area contributed by atoms with E-state index in [2.05, 4.69) is 0 Å². The number of esters is 1. The fourth-order valence-electron chi connectivity index (χ4n) is 1.52. The van der Waals surface area contributed by atoms with Crippen molar-refractivity contribution < 1.29 is 9.53 Å². The first-order valence-electron chi connectivity index (χ1n) is 5.60. The smallest absolute Gasteiger partial charge is 0.348 e. The molecule has 1 aromatic rings. The first-order valence-corrected chi connectivity index (χ1v) is 5.97. The molecular formula is C14H14ClNO2. The van der Waals surface area contributed by atoms with Gasteiger partial charge in [-0.2, -0.15) is 5.26 Å². The molecule has 0 fully saturated rings. The molecule has 0 N–H and O–H groups in total. The molecule has 0 bridgehead atoms. The average Bonchev–Trinajstić information content (AvgIpc) is 2.33. The summed E-state index contributed by atoms with van der Waals surface area (Å²) in [6, 6.07) is 9.19. The van der Waals surface area contributed by atoms with Crippen LogP contribution in [0.2, 0.25) is 5.02 Å². The number of ether oxygens (including phenoxy) is 1. The number of nitrogens with zero attached hydrogens (tertiary/aromatic N) is 1. The predicted octanol–water partition coefficient (Wildman–Crippen LogP) is 3.29. The van der Waals surface area contributed by atoms with Crippen molar-refractivity contribution >= 4 is 17.6 Å². The second kappa shape index (κ2) is 6.83. The van der Waals surface area contributed by atoms with Crippen LogP contribution in [0.25, 0.3) is 0 Å². The van der Waals surface area contributed by atoms with Crippen LogP contribution in [0.3, 0.4) is 0 Å². The van der Waals surface area contributed by atoms with Crippen molar-refractivity contribution in [1.29, 1.82) is 5.26 Å². The molecule has 0 saturated heterocycles. The number of carbonyl (C=O) groups is 1. The number of nitriles is 1. The van der Waals surface area contributed by atoms with Crippen molar-refractivity contribution in [3.8, 4) is 6.07 Å². The van der Waals surface area contributed by atoms with Gasteiger partial charge < -0.3 is 4.74 Å². The highest BCUT2D eigenvalue weighted by molar-refractivity contribution is 6.30. The van der Waals surface area contributed by atoms with Gasteiger partial charge in [0.05, 0.1) is 6.61 Å². The number of hydrogen-bond donors (Lipinski definition) is 0. The Morgan fingerprint density at radius 2 is 2.00 bits per heavy atom. The summed E-state index contributed by atoms with van der Waals surface area (Å²) in [4.78, 5) is 11.5. The largest absolute Gasteiger partial charge is 0.462 e. The molecule has 0 aliphatic carbocycles. The third kappa shape index (κ3) is 3.90. The van der Waals surface area contributed by atoms with Crippen LogP contribution in [-0.4, -0.2) is 12.6 Å². The molecule has 1 aromatic carbocycles. The maximum atomic E-state index is 11.5. The molecule has 0 amide bonds. The number of halogens is 1. The summed E-state index contributed by atoms with van der Waals surface area (Å²) in [5.41, 5.74) is 1.76. The lowest BCUT2D eigenvalue weighted by Gasteiger charge is -2.06. The lowest BCUT2D eigenvalue weighted by atomic mass is 10.0. The van der Waals surface area contributed by atoms with Crippen LogP contribution in [0.15, 0.2) is 35.4 Å². The Hall–Kier alpha value is -1.79. The van der Waals surface area contributed by atoms with Gasteiger partial charge in [-0.3, -0.25) is 0 Å². The van der Waals surface area contributed by atoms with E-state index >= 15 is 0 Å². The molecule has 0 heterocycles. The minimum absolute atomic E-state index is 0.0757. The monoisotopic (exact) mass is 263 g/mol. The lowest BCUT2D eigenvalue weighted by molar-refractivity contribution is -0.138. The molecule has 0 spiro atoms. The van der Waals surface area contributed by atoms with Gasteiger partial charge in [0.2, 0.25) is 0 Å². The van der Waals surface area contributed by atoms with Gasteiger partial charge in [-0.05, 0) is 43.5 Å². The number of rotatable bonds is 4. The highest BCUT2D eigenvalue weighted by Gasteiger charge is 2.13. The quantitative estimate of drug-likeness (QED) is 0.476. The molecular weight excluding hydrogens is 250 g/mol. The van der Waals surface area contributed by atoms with Crippen LogP contribution in [0.5, 0.6) is 0 Å². The van der Waals surface area contributed by atoms with Gasteiger partial charge in [0.25, 0.3) is 0 Å². The van der Waals surface area contributed by atoms with E-state index in [0.717, 1.165) is 5.56 Å².